The fourth-order valence-electron chi connectivity index (χ4n) is 2.37. The molecule has 0 spiro atoms. The average molecular weight is 246 g/mol. The maximum Gasteiger partial charge on any atom is 0.317 e. The summed E-state index contributed by atoms with van der Waals surface area (Å²) in [4.78, 5) is 13.2. The third-order valence-electron chi connectivity index (χ3n) is 3.61. The molecular formula is C15H22N2O. The lowest BCUT2D eigenvalue weighted by Gasteiger charge is -2.22. The first-order valence-corrected chi connectivity index (χ1v) is 6.41. The normalized spacial score (nSPS) is 20.2. The lowest BCUT2D eigenvalue weighted by Crippen LogP contribution is -2.24. The maximum absolute atomic E-state index is 11.5. The van der Waals surface area contributed by atoms with E-state index in [0.717, 1.165) is 6.54 Å². The van der Waals surface area contributed by atoms with Crippen LogP contribution in [0, 0.1) is 6.92 Å². The van der Waals surface area contributed by atoms with Gasteiger partial charge in [0.25, 0.3) is 0 Å². The van der Waals surface area contributed by atoms with Crippen LogP contribution >= 0.6 is 0 Å². The second-order valence-electron chi connectivity index (χ2n) is 6.20. The summed E-state index contributed by atoms with van der Waals surface area (Å²) < 4.78 is 0. The summed E-state index contributed by atoms with van der Waals surface area (Å²) in [5.74, 6) is 0. The highest BCUT2D eigenvalue weighted by Gasteiger charge is 2.28. The minimum Gasteiger partial charge on any atom is -0.329 e. The van der Waals surface area contributed by atoms with Crippen molar-refractivity contribution < 1.29 is 4.79 Å². The van der Waals surface area contributed by atoms with Gasteiger partial charge in [0.15, 0.2) is 0 Å². The van der Waals surface area contributed by atoms with Crippen molar-refractivity contribution in [3.63, 3.8) is 0 Å². The van der Waals surface area contributed by atoms with Crippen LogP contribution in [0.3, 0.4) is 0 Å². The van der Waals surface area contributed by atoms with Gasteiger partial charge in [-0.05, 0) is 29.0 Å². The Morgan fingerprint density at radius 2 is 2.00 bits per heavy atom. The van der Waals surface area contributed by atoms with E-state index in [1.54, 1.807) is 4.90 Å². The van der Waals surface area contributed by atoms with Crippen molar-refractivity contribution in [3.8, 4) is 0 Å². The van der Waals surface area contributed by atoms with Crippen molar-refractivity contribution in [1.29, 1.82) is 0 Å². The van der Waals surface area contributed by atoms with Gasteiger partial charge in [-0.25, -0.2) is 4.79 Å². The lowest BCUT2D eigenvalue weighted by atomic mass is 9.84. The van der Waals surface area contributed by atoms with E-state index in [9.17, 15) is 4.79 Å². The van der Waals surface area contributed by atoms with Gasteiger partial charge >= 0.3 is 6.03 Å². The van der Waals surface area contributed by atoms with E-state index in [1.807, 2.05) is 7.05 Å². The second-order valence-corrected chi connectivity index (χ2v) is 6.20. The predicted octanol–water partition coefficient (Wildman–Crippen LogP) is 2.99. The van der Waals surface area contributed by atoms with E-state index in [4.69, 9.17) is 0 Å². The molecule has 1 heterocycles. The van der Waals surface area contributed by atoms with Gasteiger partial charge in [-0.1, -0.05) is 39.0 Å². The van der Waals surface area contributed by atoms with Crippen molar-refractivity contribution in [3.05, 3.63) is 34.9 Å². The monoisotopic (exact) mass is 246 g/mol. The molecule has 0 saturated carbocycles. The first kappa shape index (κ1) is 12.9. The van der Waals surface area contributed by atoms with Gasteiger partial charge < -0.3 is 10.2 Å². The molecule has 1 fully saturated rings. The van der Waals surface area contributed by atoms with Crippen molar-refractivity contribution in [1.82, 2.24) is 10.2 Å². The molecule has 1 atom stereocenters. The largest absolute Gasteiger partial charge is 0.329 e. The highest BCUT2D eigenvalue weighted by molar-refractivity contribution is 5.77. The standard InChI is InChI=1S/C15H22N2O/c1-10-8-11(15(2,3)4)6-7-12(10)13-9-17(5)14(18)16-13/h6-8,13H,9H2,1-5H3,(H,16,18). The second kappa shape index (κ2) is 4.30. The molecule has 1 aliphatic rings. The van der Waals surface area contributed by atoms with Crippen LogP contribution in [0.15, 0.2) is 18.2 Å². The van der Waals surface area contributed by atoms with E-state index >= 15 is 0 Å². The molecule has 2 rings (SSSR count). The molecule has 1 aromatic rings. The van der Waals surface area contributed by atoms with Gasteiger partial charge in [-0.3, -0.25) is 0 Å². The number of likely N-dealkylation sites (N-methyl/N-ethyl adjacent to an activating group) is 1. The number of rotatable bonds is 1. The number of amides is 2. The van der Waals surface area contributed by atoms with Crippen molar-refractivity contribution in [2.75, 3.05) is 13.6 Å². The molecule has 98 valence electrons. The van der Waals surface area contributed by atoms with Crippen LogP contribution in [0.25, 0.3) is 0 Å². The van der Waals surface area contributed by atoms with Gasteiger partial charge in [-0.15, -0.1) is 0 Å². The van der Waals surface area contributed by atoms with Crippen LogP contribution in [0.1, 0.15) is 43.5 Å². The molecule has 0 radical (unpaired) electrons. The molecule has 3 nitrogen and oxygen atoms in total. The summed E-state index contributed by atoms with van der Waals surface area (Å²) in [6.45, 7) is 9.51. The van der Waals surface area contributed by atoms with E-state index in [-0.39, 0.29) is 17.5 Å². The number of nitrogens with zero attached hydrogens (tertiary/aromatic N) is 1. The Bertz CT molecular complexity index is 474. The zero-order chi connectivity index (χ0) is 13.5. The Morgan fingerprint density at radius 1 is 1.33 bits per heavy atom. The zero-order valence-corrected chi connectivity index (χ0v) is 11.9. The maximum atomic E-state index is 11.5. The Balaban J connectivity index is 2.29. The van der Waals surface area contributed by atoms with Crippen LogP contribution in [0.2, 0.25) is 0 Å². The Kier molecular flexibility index (Phi) is 3.09. The SMILES string of the molecule is Cc1cc(C(C)(C)C)ccc1C1CN(C)C(=O)N1. The molecular weight excluding hydrogens is 224 g/mol. The van der Waals surface area contributed by atoms with Crippen molar-refractivity contribution in [2.24, 2.45) is 0 Å². The molecule has 1 N–H and O–H groups in total. The number of hydrogen-bond acceptors (Lipinski definition) is 1. The number of carbonyl (C=O) groups excluding carboxylic acids is 1. The molecule has 1 aromatic carbocycles. The number of benzene rings is 1. The summed E-state index contributed by atoms with van der Waals surface area (Å²) in [6.07, 6.45) is 0. The summed E-state index contributed by atoms with van der Waals surface area (Å²) in [6, 6.07) is 6.70. The number of carbonyl (C=O) groups is 1. The number of nitrogens with one attached hydrogen (secondary N) is 1. The summed E-state index contributed by atoms with van der Waals surface area (Å²) in [5, 5.41) is 3.01. The van der Waals surface area contributed by atoms with E-state index in [2.05, 4.69) is 51.2 Å². The molecule has 0 aliphatic carbocycles. The van der Waals surface area contributed by atoms with Crippen molar-refractivity contribution in [2.45, 2.75) is 39.2 Å². The van der Waals surface area contributed by atoms with Gasteiger partial charge in [-0.2, -0.15) is 0 Å². The highest BCUT2D eigenvalue weighted by Crippen LogP contribution is 2.28. The fourth-order valence-corrected chi connectivity index (χ4v) is 2.37. The first-order valence-electron chi connectivity index (χ1n) is 6.41. The van der Waals surface area contributed by atoms with Crippen LogP contribution < -0.4 is 5.32 Å². The molecule has 0 bridgehead atoms. The van der Waals surface area contributed by atoms with E-state index < -0.39 is 0 Å². The third kappa shape index (κ3) is 2.35. The minimum atomic E-state index is 0.0132. The van der Waals surface area contributed by atoms with Gasteiger partial charge in [0.05, 0.1) is 6.04 Å². The molecule has 2 amide bonds. The molecule has 3 heteroatoms. The highest BCUT2D eigenvalue weighted by atomic mass is 16.2. The summed E-state index contributed by atoms with van der Waals surface area (Å²) in [5.41, 5.74) is 3.98. The van der Waals surface area contributed by atoms with E-state index in [1.165, 1.54) is 16.7 Å². The van der Waals surface area contributed by atoms with Gasteiger partial charge in [0.2, 0.25) is 0 Å². The van der Waals surface area contributed by atoms with Crippen LogP contribution in [-0.4, -0.2) is 24.5 Å². The number of urea groups is 1. The van der Waals surface area contributed by atoms with Gasteiger partial charge in [0, 0.05) is 13.6 Å². The quantitative estimate of drug-likeness (QED) is 0.811. The number of aryl methyl sites for hydroxylation is 1. The topological polar surface area (TPSA) is 32.3 Å². The lowest BCUT2D eigenvalue weighted by molar-refractivity contribution is 0.226. The minimum absolute atomic E-state index is 0.0132. The molecule has 1 unspecified atom stereocenters. The summed E-state index contributed by atoms with van der Waals surface area (Å²) in [7, 11) is 1.83. The molecule has 1 aliphatic heterocycles. The van der Waals surface area contributed by atoms with Crippen LogP contribution in [-0.2, 0) is 5.41 Å². The fraction of sp³-hybridized carbons (Fsp3) is 0.533. The van der Waals surface area contributed by atoms with Crippen LogP contribution in [0.5, 0.6) is 0 Å². The average Bonchev–Trinajstić information content (AvgIpc) is 2.57. The third-order valence-corrected chi connectivity index (χ3v) is 3.61. The Hall–Kier alpha value is -1.51. The van der Waals surface area contributed by atoms with Crippen LogP contribution in [0.4, 0.5) is 4.79 Å². The smallest absolute Gasteiger partial charge is 0.317 e. The van der Waals surface area contributed by atoms with Crippen molar-refractivity contribution >= 4 is 6.03 Å². The van der Waals surface area contributed by atoms with Gasteiger partial charge in [0.1, 0.15) is 0 Å². The molecule has 18 heavy (non-hydrogen) atoms. The predicted molar refractivity (Wildman–Crippen MR) is 73.8 cm³/mol. The van der Waals surface area contributed by atoms with E-state index in [0.29, 0.717) is 0 Å². The molecule has 1 saturated heterocycles. The number of hydrogen-bond donors (Lipinski definition) is 1. The summed E-state index contributed by atoms with van der Waals surface area (Å²) >= 11 is 0. The Labute approximate surface area is 109 Å². The first-order chi connectivity index (χ1) is 8.29. The molecule has 0 aromatic heterocycles. The zero-order valence-electron chi connectivity index (χ0n) is 11.9. The Morgan fingerprint density at radius 3 is 2.44 bits per heavy atom.